The highest BCUT2D eigenvalue weighted by molar-refractivity contribution is 5.86. The van der Waals surface area contributed by atoms with Crippen molar-refractivity contribution >= 4 is 17.8 Å². The number of nitrogens with one attached hydrogen (secondary N) is 1. The average molecular weight is 335 g/mol. The fraction of sp³-hybridized carbons (Fsp3) is 0.500. The van der Waals surface area contributed by atoms with Crippen molar-refractivity contribution in [3.63, 3.8) is 0 Å². The molecule has 2 atom stereocenters. The summed E-state index contributed by atoms with van der Waals surface area (Å²) in [5, 5.41) is 2.55. The van der Waals surface area contributed by atoms with Crippen LogP contribution in [0.3, 0.4) is 0 Å². The predicted octanol–water partition coefficient (Wildman–Crippen LogP) is 1.78. The fourth-order valence-corrected chi connectivity index (χ4v) is 2.08. The van der Waals surface area contributed by atoms with Gasteiger partial charge >= 0.3 is 11.9 Å². The predicted molar refractivity (Wildman–Crippen MR) is 89.2 cm³/mol. The van der Waals surface area contributed by atoms with Crippen LogP contribution in [-0.2, 0) is 30.3 Å². The van der Waals surface area contributed by atoms with E-state index in [1.165, 1.54) is 7.11 Å². The molecule has 6 heteroatoms. The van der Waals surface area contributed by atoms with Crippen LogP contribution < -0.4 is 5.32 Å². The Morgan fingerprint density at radius 1 is 1.17 bits per heavy atom. The summed E-state index contributed by atoms with van der Waals surface area (Å²) in [4.78, 5) is 35.4. The third kappa shape index (κ3) is 6.40. The zero-order chi connectivity index (χ0) is 18.1. The molecule has 24 heavy (non-hydrogen) atoms. The molecule has 0 bridgehead atoms. The van der Waals surface area contributed by atoms with Gasteiger partial charge in [0, 0.05) is 0 Å². The summed E-state index contributed by atoms with van der Waals surface area (Å²) in [5.41, 5.74) is 1.92. The zero-order valence-electron chi connectivity index (χ0n) is 14.6. The molecule has 0 spiro atoms. The van der Waals surface area contributed by atoms with Crippen LogP contribution in [0.4, 0.5) is 0 Å². The lowest BCUT2D eigenvalue weighted by atomic mass is 9.99. The Labute approximate surface area is 142 Å². The Bertz CT molecular complexity index is 567. The van der Waals surface area contributed by atoms with Crippen molar-refractivity contribution in [2.24, 2.45) is 5.92 Å². The molecule has 0 saturated carbocycles. The molecule has 1 aromatic carbocycles. The first-order valence-electron chi connectivity index (χ1n) is 7.95. The molecule has 0 unspecified atom stereocenters. The molecule has 6 nitrogen and oxygen atoms in total. The molecule has 0 radical (unpaired) electrons. The Morgan fingerprint density at radius 3 is 2.33 bits per heavy atom. The second-order valence-electron chi connectivity index (χ2n) is 5.78. The molecule has 1 rings (SSSR count). The van der Waals surface area contributed by atoms with Gasteiger partial charge in [-0.25, -0.2) is 4.79 Å². The summed E-state index contributed by atoms with van der Waals surface area (Å²) in [5.74, 6) is -1.61. The summed E-state index contributed by atoms with van der Waals surface area (Å²) in [7, 11) is 1.27. The zero-order valence-corrected chi connectivity index (χ0v) is 14.6. The third-order valence-electron chi connectivity index (χ3n) is 3.82. The van der Waals surface area contributed by atoms with Crippen molar-refractivity contribution < 1.29 is 23.9 Å². The van der Waals surface area contributed by atoms with Gasteiger partial charge in [-0.1, -0.05) is 50.1 Å². The second kappa shape index (κ2) is 9.70. The van der Waals surface area contributed by atoms with Crippen molar-refractivity contribution in [2.45, 2.75) is 39.7 Å². The highest BCUT2D eigenvalue weighted by Crippen LogP contribution is 2.09. The largest absolute Gasteiger partial charge is 0.467 e. The molecule has 0 aromatic heterocycles. The van der Waals surface area contributed by atoms with Crippen LogP contribution in [0.5, 0.6) is 0 Å². The molecule has 1 amide bonds. The van der Waals surface area contributed by atoms with Crippen molar-refractivity contribution in [1.82, 2.24) is 5.32 Å². The lowest BCUT2D eigenvalue weighted by Gasteiger charge is -2.21. The van der Waals surface area contributed by atoms with Gasteiger partial charge in [0.05, 0.1) is 13.5 Å². The fourth-order valence-electron chi connectivity index (χ4n) is 2.08. The van der Waals surface area contributed by atoms with E-state index >= 15 is 0 Å². The number of esters is 2. The Hall–Kier alpha value is -2.37. The smallest absolute Gasteiger partial charge is 0.328 e. The standard InChI is InChI=1S/C18H25NO5/c1-5-13(3)17(18(22)23-4)19-15(20)11-24-16(21)10-14-8-6-12(2)7-9-14/h6-9,13,17H,5,10-11H2,1-4H3,(H,19,20)/t13-,17-/m0/s1. The summed E-state index contributed by atoms with van der Waals surface area (Å²) in [6.07, 6.45) is 0.798. The SMILES string of the molecule is CC[C@H](C)[C@H](NC(=O)COC(=O)Cc1ccc(C)cc1)C(=O)OC. The first-order valence-corrected chi connectivity index (χ1v) is 7.95. The Balaban J connectivity index is 2.47. The minimum atomic E-state index is -0.747. The Morgan fingerprint density at radius 2 is 1.79 bits per heavy atom. The first kappa shape index (κ1) is 19.7. The van der Waals surface area contributed by atoms with Crippen LogP contribution >= 0.6 is 0 Å². The Kier molecular flexibility index (Phi) is 7.95. The van der Waals surface area contributed by atoms with E-state index in [4.69, 9.17) is 4.74 Å². The van der Waals surface area contributed by atoms with Gasteiger partial charge in [-0.3, -0.25) is 9.59 Å². The number of carbonyl (C=O) groups is 3. The van der Waals surface area contributed by atoms with Crippen LogP contribution in [0.2, 0.25) is 0 Å². The number of hydrogen-bond donors (Lipinski definition) is 1. The molecular formula is C18H25NO5. The number of benzene rings is 1. The van der Waals surface area contributed by atoms with Crippen LogP contribution in [0, 0.1) is 12.8 Å². The molecule has 0 saturated heterocycles. The van der Waals surface area contributed by atoms with Gasteiger partial charge in [-0.05, 0) is 18.4 Å². The van der Waals surface area contributed by atoms with Crippen LogP contribution in [0.1, 0.15) is 31.4 Å². The van der Waals surface area contributed by atoms with Crippen molar-refractivity contribution in [1.29, 1.82) is 0 Å². The quantitative estimate of drug-likeness (QED) is 0.733. The van der Waals surface area contributed by atoms with E-state index in [1.54, 1.807) is 0 Å². The average Bonchev–Trinajstić information content (AvgIpc) is 2.58. The maximum absolute atomic E-state index is 11.9. The lowest BCUT2D eigenvalue weighted by Crippen LogP contribution is -2.47. The number of rotatable bonds is 8. The number of aryl methyl sites for hydroxylation is 1. The number of methoxy groups -OCH3 is 1. The monoisotopic (exact) mass is 335 g/mol. The van der Waals surface area contributed by atoms with E-state index in [-0.39, 0.29) is 12.3 Å². The van der Waals surface area contributed by atoms with Gasteiger partial charge in [-0.15, -0.1) is 0 Å². The summed E-state index contributed by atoms with van der Waals surface area (Å²) in [6, 6.07) is 6.74. The van der Waals surface area contributed by atoms with E-state index in [0.717, 1.165) is 11.1 Å². The molecule has 132 valence electrons. The van der Waals surface area contributed by atoms with Crippen LogP contribution in [0.15, 0.2) is 24.3 Å². The van der Waals surface area contributed by atoms with Gasteiger partial charge in [0.15, 0.2) is 6.61 Å². The minimum Gasteiger partial charge on any atom is -0.467 e. The maximum atomic E-state index is 11.9. The van der Waals surface area contributed by atoms with Crippen LogP contribution in [0.25, 0.3) is 0 Å². The molecule has 1 N–H and O–H groups in total. The summed E-state index contributed by atoms with van der Waals surface area (Å²) >= 11 is 0. The maximum Gasteiger partial charge on any atom is 0.328 e. The van der Waals surface area contributed by atoms with E-state index < -0.39 is 30.5 Å². The van der Waals surface area contributed by atoms with E-state index in [9.17, 15) is 14.4 Å². The second-order valence-corrected chi connectivity index (χ2v) is 5.78. The highest BCUT2D eigenvalue weighted by Gasteiger charge is 2.26. The summed E-state index contributed by atoms with van der Waals surface area (Å²) < 4.78 is 9.65. The molecule has 0 aliphatic rings. The van der Waals surface area contributed by atoms with Crippen molar-refractivity contribution in [3.8, 4) is 0 Å². The minimum absolute atomic E-state index is 0.0790. The van der Waals surface area contributed by atoms with Gasteiger partial charge in [-0.2, -0.15) is 0 Å². The van der Waals surface area contributed by atoms with Crippen molar-refractivity contribution in [3.05, 3.63) is 35.4 Å². The van der Waals surface area contributed by atoms with Gasteiger partial charge < -0.3 is 14.8 Å². The molecule has 0 aliphatic heterocycles. The molecule has 0 heterocycles. The number of carbonyl (C=O) groups excluding carboxylic acids is 3. The normalized spacial score (nSPS) is 12.8. The lowest BCUT2D eigenvalue weighted by molar-refractivity contribution is -0.150. The molecular weight excluding hydrogens is 310 g/mol. The van der Waals surface area contributed by atoms with Crippen molar-refractivity contribution in [2.75, 3.05) is 13.7 Å². The highest BCUT2D eigenvalue weighted by atomic mass is 16.5. The van der Waals surface area contributed by atoms with E-state index in [1.807, 2.05) is 45.0 Å². The third-order valence-corrected chi connectivity index (χ3v) is 3.82. The first-order chi connectivity index (χ1) is 11.4. The van der Waals surface area contributed by atoms with Gasteiger partial charge in [0.1, 0.15) is 6.04 Å². The van der Waals surface area contributed by atoms with Gasteiger partial charge in [0.25, 0.3) is 5.91 Å². The number of amides is 1. The van der Waals surface area contributed by atoms with Crippen LogP contribution in [-0.4, -0.2) is 37.6 Å². The topological polar surface area (TPSA) is 81.7 Å². The molecule has 0 fully saturated rings. The number of ether oxygens (including phenoxy) is 2. The molecule has 1 aromatic rings. The number of hydrogen-bond acceptors (Lipinski definition) is 5. The van der Waals surface area contributed by atoms with E-state index in [2.05, 4.69) is 10.1 Å². The van der Waals surface area contributed by atoms with Gasteiger partial charge in [0.2, 0.25) is 0 Å². The summed E-state index contributed by atoms with van der Waals surface area (Å²) in [6.45, 7) is 5.29. The van der Waals surface area contributed by atoms with E-state index in [0.29, 0.717) is 6.42 Å². The molecule has 0 aliphatic carbocycles.